The van der Waals surface area contributed by atoms with E-state index in [1.165, 1.54) is 0 Å². The Balaban J connectivity index is 2.54. The van der Waals surface area contributed by atoms with E-state index in [9.17, 15) is 9.90 Å². The second-order valence-electron chi connectivity index (χ2n) is 7.11. The van der Waals surface area contributed by atoms with Crippen molar-refractivity contribution in [2.75, 3.05) is 33.3 Å². The maximum atomic E-state index is 11.9. The number of aliphatic hydroxyl groups is 1. The molecule has 1 unspecified atom stereocenters. The van der Waals surface area contributed by atoms with E-state index in [0.29, 0.717) is 24.3 Å². The van der Waals surface area contributed by atoms with E-state index in [4.69, 9.17) is 0 Å². The minimum atomic E-state index is 0.0248. The molecule has 21 heavy (non-hydrogen) atoms. The lowest BCUT2D eigenvalue weighted by atomic mass is 9.82. The van der Waals surface area contributed by atoms with E-state index in [1.807, 2.05) is 4.90 Å². The average molecular weight is 298 g/mol. The van der Waals surface area contributed by atoms with Crippen molar-refractivity contribution in [3.8, 4) is 0 Å². The van der Waals surface area contributed by atoms with Crippen LogP contribution in [0.15, 0.2) is 0 Å². The molecule has 0 aromatic carbocycles. The standard InChI is InChI=1S/C17H34N2O2/c1-6-17(7-2,13-20)12-18(5)10-15-8-9-16(21)19(11-15)14(3)4/h14-15,20H,6-13H2,1-5H3. The number of carbonyl (C=O) groups excluding carboxylic acids is 1. The molecule has 1 N–H and O–H groups in total. The number of amides is 1. The summed E-state index contributed by atoms with van der Waals surface area (Å²) >= 11 is 0. The Hall–Kier alpha value is -0.610. The van der Waals surface area contributed by atoms with Gasteiger partial charge in [-0.25, -0.2) is 0 Å². The molecule has 0 spiro atoms. The van der Waals surface area contributed by atoms with E-state index in [1.54, 1.807) is 0 Å². The van der Waals surface area contributed by atoms with Gasteiger partial charge in [-0.05, 0) is 46.1 Å². The van der Waals surface area contributed by atoms with Gasteiger partial charge < -0.3 is 14.9 Å². The van der Waals surface area contributed by atoms with Crippen molar-refractivity contribution in [2.24, 2.45) is 11.3 Å². The molecule has 4 heteroatoms. The van der Waals surface area contributed by atoms with Gasteiger partial charge >= 0.3 is 0 Å². The molecule has 1 fully saturated rings. The number of nitrogens with zero attached hydrogens (tertiary/aromatic N) is 2. The monoisotopic (exact) mass is 298 g/mol. The number of aliphatic hydroxyl groups excluding tert-OH is 1. The first-order chi connectivity index (χ1) is 9.87. The summed E-state index contributed by atoms with van der Waals surface area (Å²) in [5, 5.41) is 9.70. The lowest BCUT2D eigenvalue weighted by Crippen LogP contribution is -2.48. The highest BCUT2D eigenvalue weighted by atomic mass is 16.3. The van der Waals surface area contributed by atoms with E-state index in [-0.39, 0.29) is 12.0 Å². The molecule has 1 rings (SSSR count). The Kier molecular flexibility index (Phi) is 7.14. The van der Waals surface area contributed by atoms with Crippen molar-refractivity contribution >= 4 is 5.91 Å². The van der Waals surface area contributed by atoms with Crippen LogP contribution in [0.25, 0.3) is 0 Å². The van der Waals surface area contributed by atoms with Gasteiger partial charge in [0.2, 0.25) is 5.91 Å². The molecule has 124 valence electrons. The molecule has 1 atom stereocenters. The number of likely N-dealkylation sites (tertiary alicyclic amines) is 1. The highest BCUT2D eigenvalue weighted by Gasteiger charge is 2.31. The van der Waals surface area contributed by atoms with Crippen LogP contribution in [0.1, 0.15) is 53.4 Å². The minimum absolute atomic E-state index is 0.0248. The van der Waals surface area contributed by atoms with Crippen LogP contribution < -0.4 is 0 Å². The van der Waals surface area contributed by atoms with Crippen molar-refractivity contribution in [1.82, 2.24) is 9.80 Å². The fraction of sp³-hybridized carbons (Fsp3) is 0.941. The number of carbonyl (C=O) groups is 1. The van der Waals surface area contributed by atoms with Crippen LogP contribution in [-0.4, -0.2) is 60.1 Å². The van der Waals surface area contributed by atoms with E-state index in [2.05, 4.69) is 39.6 Å². The average Bonchev–Trinajstić information content (AvgIpc) is 2.46. The summed E-state index contributed by atoms with van der Waals surface area (Å²) in [5.41, 5.74) is 0.0248. The van der Waals surface area contributed by atoms with Gasteiger partial charge in [0.05, 0.1) is 0 Å². The van der Waals surface area contributed by atoms with Crippen LogP contribution in [0.5, 0.6) is 0 Å². The van der Waals surface area contributed by atoms with Gasteiger partial charge in [-0.2, -0.15) is 0 Å². The Morgan fingerprint density at radius 2 is 2.00 bits per heavy atom. The molecular formula is C17H34N2O2. The largest absolute Gasteiger partial charge is 0.396 e. The minimum Gasteiger partial charge on any atom is -0.396 e. The lowest BCUT2D eigenvalue weighted by Gasteiger charge is -2.39. The summed E-state index contributed by atoms with van der Waals surface area (Å²) < 4.78 is 0. The Morgan fingerprint density at radius 1 is 1.38 bits per heavy atom. The molecule has 0 radical (unpaired) electrons. The zero-order valence-electron chi connectivity index (χ0n) is 14.6. The molecule has 1 heterocycles. The molecule has 4 nitrogen and oxygen atoms in total. The number of rotatable bonds is 8. The molecule has 0 aromatic heterocycles. The Labute approximate surface area is 130 Å². The Morgan fingerprint density at radius 3 is 2.48 bits per heavy atom. The predicted octanol–water partition coefficient (Wildman–Crippen LogP) is 2.36. The smallest absolute Gasteiger partial charge is 0.222 e. The molecule has 1 aliphatic heterocycles. The van der Waals surface area contributed by atoms with Crippen molar-refractivity contribution in [3.63, 3.8) is 0 Å². The molecular weight excluding hydrogens is 264 g/mol. The van der Waals surface area contributed by atoms with Crippen molar-refractivity contribution in [2.45, 2.75) is 59.4 Å². The first kappa shape index (κ1) is 18.4. The van der Waals surface area contributed by atoms with Crippen LogP contribution in [0.4, 0.5) is 0 Å². The highest BCUT2D eigenvalue weighted by Crippen LogP contribution is 2.28. The summed E-state index contributed by atoms with van der Waals surface area (Å²) in [6, 6.07) is 0.299. The summed E-state index contributed by atoms with van der Waals surface area (Å²) in [7, 11) is 2.14. The number of piperidine rings is 1. The molecule has 0 saturated carbocycles. The Bertz CT molecular complexity index is 318. The van der Waals surface area contributed by atoms with Gasteiger partial charge in [0.1, 0.15) is 0 Å². The SMILES string of the molecule is CCC(CC)(CO)CN(C)CC1CCC(=O)N(C(C)C)C1. The lowest BCUT2D eigenvalue weighted by molar-refractivity contribution is -0.137. The third kappa shape index (κ3) is 4.96. The topological polar surface area (TPSA) is 43.8 Å². The fourth-order valence-corrected chi connectivity index (χ4v) is 3.42. The highest BCUT2D eigenvalue weighted by molar-refractivity contribution is 5.77. The predicted molar refractivity (Wildman–Crippen MR) is 87.2 cm³/mol. The van der Waals surface area contributed by atoms with E-state index in [0.717, 1.165) is 38.9 Å². The molecule has 0 bridgehead atoms. The quantitative estimate of drug-likeness (QED) is 0.748. The summed E-state index contributed by atoms with van der Waals surface area (Å²) in [5.74, 6) is 0.857. The van der Waals surface area contributed by atoms with Gasteiger partial charge in [-0.1, -0.05) is 13.8 Å². The zero-order chi connectivity index (χ0) is 16.0. The second kappa shape index (κ2) is 8.14. The van der Waals surface area contributed by atoms with Gasteiger partial charge in [0.25, 0.3) is 0 Å². The summed E-state index contributed by atoms with van der Waals surface area (Å²) in [4.78, 5) is 16.3. The molecule has 0 aromatic rings. The third-order valence-corrected chi connectivity index (χ3v) is 5.18. The van der Waals surface area contributed by atoms with Gasteiger partial charge in [0, 0.05) is 44.1 Å². The van der Waals surface area contributed by atoms with Crippen molar-refractivity contribution in [1.29, 1.82) is 0 Å². The summed E-state index contributed by atoms with van der Waals surface area (Å²) in [6.45, 7) is 11.6. The van der Waals surface area contributed by atoms with Crippen LogP contribution in [0.3, 0.4) is 0 Å². The molecule has 1 aliphatic rings. The van der Waals surface area contributed by atoms with Crippen LogP contribution in [0, 0.1) is 11.3 Å². The third-order valence-electron chi connectivity index (χ3n) is 5.18. The molecule has 1 amide bonds. The van der Waals surface area contributed by atoms with Gasteiger partial charge in [0.15, 0.2) is 0 Å². The van der Waals surface area contributed by atoms with Crippen LogP contribution in [-0.2, 0) is 4.79 Å². The fourth-order valence-electron chi connectivity index (χ4n) is 3.42. The van der Waals surface area contributed by atoms with Crippen LogP contribution >= 0.6 is 0 Å². The maximum absolute atomic E-state index is 11.9. The number of hydrogen-bond donors (Lipinski definition) is 1. The first-order valence-electron chi connectivity index (χ1n) is 8.46. The normalized spacial score (nSPS) is 20.7. The molecule has 0 aliphatic carbocycles. The van der Waals surface area contributed by atoms with Crippen LogP contribution in [0.2, 0.25) is 0 Å². The molecule has 1 saturated heterocycles. The van der Waals surface area contributed by atoms with E-state index < -0.39 is 0 Å². The van der Waals surface area contributed by atoms with Gasteiger partial charge in [-0.3, -0.25) is 4.79 Å². The zero-order valence-corrected chi connectivity index (χ0v) is 14.6. The van der Waals surface area contributed by atoms with Crippen molar-refractivity contribution in [3.05, 3.63) is 0 Å². The second-order valence-corrected chi connectivity index (χ2v) is 7.11. The van der Waals surface area contributed by atoms with Gasteiger partial charge in [-0.15, -0.1) is 0 Å². The maximum Gasteiger partial charge on any atom is 0.222 e. The summed E-state index contributed by atoms with van der Waals surface area (Å²) in [6.07, 6.45) is 3.69. The number of hydrogen-bond acceptors (Lipinski definition) is 3. The first-order valence-corrected chi connectivity index (χ1v) is 8.46. The van der Waals surface area contributed by atoms with E-state index >= 15 is 0 Å². The van der Waals surface area contributed by atoms with Crippen molar-refractivity contribution < 1.29 is 9.90 Å².